The monoisotopic (exact) mass is 190 g/mol. The second-order valence-electron chi connectivity index (χ2n) is 2.60. The highest BCUT2D eigenvalue weighted by Gasteiger charge is 1.97. The van der Waals surface area contributed by atoms with Crippen molar-refractivity contribution in [2.24, 2.45) is 0 Å². The molecule has 0 aliphatic carbocycles. The zero-order chi connectivity index (χ0) is 9.10. The Balaban J connectivity index is 2.42. The second kappa shape index (κ2) is 3.54. The Morgan fingerprint density at radius 2 is 2.00 bits per heavy atom. The van der Waals surface area contributed by atoms with Crippen LogP contribution in [-0.4, -0.2) is 9.97 Å². The summed E-state index contributed by atoms with van der Waals surface area (Å²) < 4.78 is 0. The molecule has 2 nitrogen and oxygen atoms in total. The molecule has 2 aromatic heterocycles. The third kappa shape index (κ3) is 1.84. The fourth-order valence-electron chi connectivity index (χ4n) is 1.06. The van der Waals surface area contributed by atoms with Crippen LogP contribution in [0, 0.1) is 0 Å². The van der Waals surface area contributed by atoms with Gasteiger partial charge < -0.3 is 0 Å². The van der Waals surface area contributed by atoms with Gasteiger partial charge in [-0.05, 0) is 24.3 Å². The Morgan fingerprint density at radius 1 is 1.08 bits per heavy atom. The van der Waals surface area contributed by atoms with E-state index in [1.54, 1.807) is 18.6 Å². The molecule has 13 heavy (non-hydrogen) atoms. The molecule has 0 amide bonds. The average molecular weight is 191 g/mol. The van der Waals surface area contributed by atoms with Crippen LogP contribution >= 0.6 is 11.6 Å². The number of nitrogens with zero attached hydrogens (tertiary/aromatic N) is 2. The highest BCUT2D eigenvalue weighted by Crippen LogP contribution is 2.16. The van der Waals surface area contributed by atoms with Crippen LogP contribution in [0.3, 0.4) is 0 Å². The van der Waals surface area contributed by atoms with E-state index in [9.17, 15) is 0 Å². The zero-order valence-corrected chi connectivity index (χ0v) is 7.57. The lowest BCUT2D eigenvalue weighted by Crippen LogP contribution is -1.82. The number of pyridine rings is 2. The molecule has 2 heterocycles. The minimum atomic E-state index is 0.646. The Kier molecular flexibility index (Phi) is 2.23. The minimum absolute atomic E-state index is 0.646. The van der Waals surface area contributed by atoms with Gasteiger partial charge in [0, 0.05) is 24.2 Å². The van der Waals surface area contributed by atoms with Gasteiger partial charge in [0.05, 0.1) is 10.7 Å². The van der Waals surface area contributed by atoms with Gasteiger partial charge in [0.1, 0.15) is 0 Å². The average Bonchev–Trinajstić information content (AvgIpc) is 2.20. The molecule has 0 aromatic carbocycles. The van der Waals surface area contributed by atoms with Gasteiger partial charge in [0.2, 0.25) is 0 Å². The smallest absolute Gasteiger partial charge is 0.0718 e. The first-order valence-electron chi connectivity index (χ1n) is 3.88. The molecule has 0 saturated heterocycles. The lowest BCUT2D eigenvalue weighted by atomic mass is 10.2. The normalized spacial score (nSPS) is 9.92. The SMILES string of the molecule is Clc1ccc(-c2cccnc2)nc1. The van der Waals surface area contributed by atoms with Crippen LogP contribution in [0.1, 0.15) is 0 Å². The van der Waals surface area contributed by atoms with Gasteiger partial charge in [-0.15, -0.1) is 0 Å². The van der Waals surface area contributed by atoms with Crippen molar-refractivity contribution in [2.45, 2.75) is 0 Å². The molecule has 0 atom stereocenters. The van der Waals surface area contributed by atoms with Gasteiger partial charge in [-0.1, -0.05) is 11.6 Å². The molecule has 0 unspecified atom stereocenters. The van der Waals surface area contributed by atoms with Crippen molar-refractivity contribution >= 4 is 11.6 Å². The number of rotatable bonds is 1. The van der Waals surface area contributed by atoms with E-state index in [1.807, 2.05) is 24.3 Å². The van der Waals surface area contributed by atoms with E-state index < -0.39 is 0 Å². The van der Waals surface area contributed by atoms with Crippen molar-refractivity contribution in [2.75, 3.05) is 0 Å². The first kappa shape index (κ1) is 8.20. The summed E-state index contributed by atoms with van der Waals surface area (Å²) >= 11 is 5.72. The predicted octanol–water partition coefficient (Wildman–Crippen LogP) is 2.80. The summed E-state index contributed by atoms with van der Waals surface area (Å²) in [5, 5.41) is 0.646. The third-order valence-corrected chi connectivity index (χ3v) is 1.91. The molecule has 0 fully saturated rings. The van der Waals surface area contributed by atoms with Crippen molar-refractivity contribution in [1.82, 2.24) is 9.97 Å². The topological polar surface area (TPSA) is 25.8 Å². The Hall–Kier alpha value is -1.41. The van der Waals surface area contributed by atoms with E-state index in [1.165, 1.54) is 0 Å². The number of aromatic nitrogens is 2. The molecule has 0 saturated carbocycles. The maximum absolute atomic E-state index is 5.72. The standard InChI is InChI=1S/C10H7ClN2/c11-9-3-4-10(13-7-9)8-2-1-5-12-6-8/h1-7H. The fraction of sp³-hybridized carbons (Fsp3) is 0. The van der Waals surface area contributed by atoms with E-state index in [4.69, 9.17) is 11.6 Å². The van der Waals surface area contributed by atoms with Crippen molar-refractivity contribution in [3.63, 3.8) is 0 Å². The summed E-state index contributed by atoms with van der Waals surface area (Å²) in [6, 6.07) is 7.53. The van der Waals surface area contributed by atoms with E-state index in [-0.39, 0.29) is 0 Å². The fourth-order valence-corrected chi connectivity index (χ4v) is 1.17. The molecule has 0 aliphatic rings. The molecular weight excluding hydrogens is 184 g/mol. The molecule has 0 aliphatic heterocycles. The molecule has 0 radical (unpaired) electrons. The summed E-state index contributed by atoms with van der Waals surface area (Å²) in [5.74, 6) is 0. The summed E-state index contributed by atoms with van der Waals surface area (Å²) in [7, 11) is 0. The van der Waals surface area contributed by atoms with Crippen LogP contribution in [0.5, 0.6) is 0 Å². The maximum Gasteiger partial charge on any atom is 0.0718 e. The van der Waals surface area contributed by atoms with Gasteiger partial charge >= 0.3 is 0 Å². The van der Waals surface area contributed by atoms with Gasteiger partial charge in [-0.3, -0.25) is 9.97 Å². The quantitative estimate of drug-likeness (QED) is 0.691. The third-order valence-electron chi connectivity index (χ3n) is 1.68. The molecule has 2 aromatic rings. The molecular formula is C10H7ClN2. The first-order chi connectivity index (χ1) is 6.36. The summed E-state index contributed by atoms with van der Waals surface area (Å²) in [5.41, 5.74) is 1.89. The second-order valence-corrected chi connectivity index (χ2v) is 3.04. The minimum Gasteiger partial charge on any atom is -0.264 e. The summed E-state index contributed by atoms with van der Waals surface area (Å²) in [4.78, 5) is 8.19. The lowest BCUT2D eigenvalue weighted by molar-refractivity contribution is 1.28. The van der Waals surface area contributed by atoms with Crippen LogP contribution in [-0.2, 0) is 0 Å². The van der Waals surface area contributed by atoms with Crippen molar-refractivity contribution in [3.8, 4) is 11.3 Å². The van der Waals surface area contributed by atoms with Crippen LogP contribution < -0.4 is 0 Å². The Morgan fingerprint density at radius 3 is 2.62 bits per heavy atom. The van der Waals surface area contributed by atoms with Crippen molar-refractivity contribution < 1.29 is 0 Å². The predicted molar refractivity (Wildman–Crippen MR) is 52.5 cm³/mol. The molecule has 3 heteroatoms. The largest absolute Gasteiger partial charge is 0.264 e. The van der Waals surface area contributed by atoms with Gasteiger partial charge in [-0.25, -0.2) is 0 Å². The maximum atomic E-state index is 5.72. The highest BCUT2D eigenvalue weighted by atomic mass is 35.5. The molecule has 2 rings (SSSR count). The van der Waals surface area contributed by atoms with E-state index in [2.05, 4.69) is 9.97 Å². The van der Waals surface area contributed by atoms with Crippen LogP contribution in [0.25, 0.3) is 11.3 Å². The van der Waals surface area contributed by atoms with Crippen molar-refractivity contribution in [3.05, 3.63) is 47.9 Å². The number of halogens is 1. The molecule has 0 bridgehead atoms. The number of hydrogen-bond acceptors (Lipinski definition) is 2. The van der Waals surface area contributed by atoms with Gasteiger partial charge in [-0.2, -0.15) is 0 Å². The molecule has 64 valence electrons. The lowest BCUT2D eigenvalue weighted by Gasteiger charge is -1.98. The van der Waals surface area contributed by atoms with E-state index >= 15 is 0 Å². The van der Waals surface area contributed by atoms with E-state index in [0.29, 0.717) is 5.02 Å². The number of hydrogen-bond donors (Lipinski definition) is 0. The van der Waals surface area contributed by atoms with Gasteiger partial charge in [0.25, 0.3) is 0 Å². The van der Waals surface area contributed by atoms with E-state index in [0.717, 1.165) is 11.3 Å². The van der Waals surface area contributed by atoms with Gasteiger partial charge in [0.15, 0.2) is 0 Å². The van der Waals surface area contributed by atoms with Crippen molar-refractivity contribution in [1.29, 1.82) is 0 Å². The summed E-state index contributed by atoms with van der Waals surface area (Å²) in [6.45, 7) is 0. The Bertz CT molecular complexity index is 383. The van der Waals surface area contributed by atoms with Crippen LogP contribution in [0.4, 0.5) is 0 Å². The van der Waals surface area contributed by atoms with Crippen LogP contribution in [0.2, 0.25) is 5.02 Å². The zero-order valence-electron chi connectivity index (χ0n) is 6.81. The first-order valence-corrected chi connectivity index (χ1v) is 4.26. The Labute approximate surface area is 81.2 Å². The molecule has 0 N–H and O–H groups in total. The molecule has 0 spiro atoms. The highest BCUT2D eigenvalue weighted by molar-refractivity contribution is 6.30. The van der Waals surface area contributed by atoms with Crippen LogP contribution in [0.15, 0.2) is 42.9 Å². The summed E-state index contributed by atoms with van der Waals surface area (Å²) in [6.07, 6.45) is 5.14.